The number of benzene rings is 2. The molecule has 0 unspecified atom stereocenters. The fourth-order valence-corrected chi connectivity index (χ4v) is 3.56. The molecule has 4 nitrogen and oxygen atoms in total. The zero-order chi connectivity index (χ0) is 15.3. The minimum absolute atomic E-state index is 0.118. The molecule has 22 heavy (non-hydrogen) atoms. The molecule has 0 amide bonds. The Labute approximate surface area is 130 Å². The van der Waals surface area contributed by atoms with Gasteiger partial charge in [-0.05, 0) is 38.1 Å². The molecule has 0 aliphatic carbocycles. The summed E-state index contributed by atoms with van der Waals surface area (Å²) in [4.78, 5) is 17.7. The fourth-order valence-electron chi connectivity index (χ4n) is 2.67. The monoisotopic (exact) mass is 307 g/mol. The van der Waals surface area contributed by atoms with Crippen LogP contribution < -0.4 is 5.56 Å². The van der Waals surface area contributed by atoms with E-state index < -0.39 is 0 Å². The quantitative estimate of drug-likeness (QED) is 0.540. The standard InChI is InChI=1S/C17H13N3OS/c1-10-7-11(2)9-12(8-10)15-19-20-16(21)13-5-3-4-6-14(13)18-17(20)22-15/h3-9H,1-2H3. The Morgan fingerprint density at radius 3 is 2.55 bits per heavy atom. The summed E-state index contributed by atoms with van der Waals surface area (Å²) in [5.41, 5.74) is 3.98. The van der Waals surface area contributed by atoms with Gasteiger partial charge >= 0.3 is 0 Å². The molecule has 0 aliphatic heterocycles. The molecule has 4 aromatic rings. The number of hydrogen-bond acceptors (Lipinski definition) is 4. The minimum atomic E-state index is -0.118. The van der Waals surface area contributed by atoms with E-state index in [2.05, 4.69) is 42.1 Å². The fraction of sp³-hybridized carbons (Fsp3) is 0.118. The van der Waals surface area contributed by atoms with E-state index in [1.54, 1.807) is 6.07 Å². The summed E-state index contributed by atoms with van der Waals surface area (Å²) in [5, 5.41) is 5.88. The third kappa shape index (κ3) is 2.02. The van der Waals surface area contributed by atoms with Crippen molar-refractivity contribution in [3.63, 3.8) is 0 Å². The second-order valence-electron chi connectivity index (χ2n) is 5.41. The van der Waals surface area contributed by atoms with Gasteiger partial charge in [-0.15, -0.1) is 0 Å². The summed E-state index contributed by atoms with van der Waals surface area (Å²) in [6.07, 6.45) is 0. The van der Waals surface area contributed by atoms with Crippen LogP contribution in [0.1, 0.15) is 11.1 Å². The molecule has 0 saturated heterocycles. The molecule has 0 atom stereocenters. The number of aromatic nitrogens is 3. The van der Waals surface area contributed by atoms with Crippen molar-refractivity contribution < 1.29 is 0 Å². The number of fused-ring (bicyclic) bond motifs is 2. The van der Waals surface area contributed by atoms with Gasteiger partial charge in [0, 0.05) is 5.56 Å². The Kier molecular flexibility index (Phi) is 2.84. The average Bonchev–Trinajstić information content (AvgIpc) is 2.91. The van der Waals surface area contributed by atoms with Crippen LogP contribution in [-0.2, 0) is 0 Å². The summed E-state index contributed by atoms with van der Waals surface area (Å²) in [6, 6.07) is 13.6. The summed E-state index contributed by atoms with van der Waals surface area (Å²) >= 11 is 1.44. The zero-order valence-electron chi connectivity index (χ0n) is 12.2. The highest BCUT2D eigenvalue weighted by Crippen LogP contribution is 2.26. The van der Waals surface area contributed by atoms with E-state index in [1.807, 2.05) is 18.2 Å². The van der Waals surface area contributed by atoms with Crippen molar-refractivity contribution in [2.75, 3.05) is 0 Å². The van der Waals surface area contributed by atoms with Crippen LogP contribution >= 0.6 is 11.3 Å². The predicted octanol–water partition coefficient (Wildman–Crippen LogP) is 3.59. The normalized spacial score (nSPS) is 11.4. The molecular weight excluding hydrogens is 294 g/mol. The lowest BCUT2D eigenvalue weighted by atomic mass is 10.1. The van der Waals surface area contributed by atoms with Gasteiger partial charge in [-0.3, -0.25) is 4.79 Å². The Morgan fingerprint density at radius 1 is 1.05 bits per heavy atom. The highest BCUT2D eigenvalue weighted by atomic mass is 32.1. The number of aryl methyl sites for hydroxylation is 2. The first kappa shape index (κ1) is 13.2. The van der Waals surface area contributed by atoms with Gasteiger partial charge in [-0.2, -0.15) is 9.61 Å². The lowest BCUT2D eigenvalue weighted by Gasteiger charge is -2.00. The first-order valence-electron chi connectivity index (χ1n) is 6.99. The van der Waals surface area contributed by atoms with Crippen LogP contribution in [0.3, 0.4) is 0 Å². The van der Waals surface area contributed by atoms with Crippen LogP contribution in [0.2, 0.25) is 0 Å². The van der Waals surface area contributed by atoms with Gasteiger partial charge in [0.2, 0.25) is 4.96 Å². The van der Waals surface area contributed by atoms with Gasteiger partial charge in [0.25, 0.3) is 5.56 Å². The Hall–Kier alpha value is -2.53. The second kappa shape index (κ2) is 4.74. The molecule has 5 heteroatoms. The molecule has 4 rings (SSSR count). The second-order valence-corrected chi connectivity index (χ2v) is 6.37. The Bertz CT molecular complexity index is 1060. The first-order valence-corrected chi connectivity index (χ1v) is 7.81. The highest BCUT2D eigenvalue weighted by molar-refractivity contribution is 7.19. The van der Waals surface area contributed by atoms with Crippen molar-refractivity contribution in [2.45, 2.75) is 13.8 Å². The lowest BCUT2D eigenvalue weighted by molar-refractivity contribution is 0.919. The average molecular weight is 307 g/mol. The van der Waals surface area contributed by atoms with Crippen LogP contribution in [0.4, 0.5) is 0 Å². The molecule has 108 valence electrons. The Morgan fingerprint density at radius 2 is 1.77 bits per heavy atom. The van der Waals surface area contributed by atoms with E-state index in [-0.39, 0.29) is 5.56 Å². The molecule has 0 spiro atoms. The van der Waals surface area contributed by atoms with E-state index in [9.17, 15) is 4.79 Å². The van der Waals surface area contributed by atoms with Gasteiger partial charge in [0.05, 0.1) is 10.9 Å². The largest absolute Gasteiger partial charge is 0.283 e. The summed E-state index contributed by atoms with van der Waals surface area (Å²) in [5.74, 6) is 0. The van der Waals surface area contributed by atoms with Gasteiger partial charge in [0.15, 0.2) is 0 Å². The molecule has 2 aromatic carbocycles. The molecule has 0 fully saturated rings. The minimum Gasteiger partial charge on any atom is -0.267 e. The molecule has 0 aliphatic rings. The summed E-state index contributed by atoms with van der Waals surface area (Å²) < 4.78 is 1.40. The van der Waals surface area contributed by atoms with Crippen molar-refractivity contribution >= 4 is 27.2 Å². The summed E-state index contributed by atoms with van der Waals surface area (Å²) in [6.45, 7) is 4.12. The van der Waals surface area contributed by atoms with E-state index in [0.717, 1.165) is 10.6 Å². The molecule has 2 heterocycles. The number of nitrogens with zero attached hydrogens (tertiary/aromatic N) is 3. The molecular formula is C17H13N3OS. The lowest BCUT2D eigenvalue weighted by Crippen LogP contribution is -2.14. The number of rotatable bonds is 1. The maximum atomic E-state index is 12.5. The first-order chi connectivity index (χ1) is 10.6. The zero-order valence-corrected chi connectivity index (χ0v) is 13.0. The van der Waals surface area contributed by atoms with Gasteiger partial charge in [-0.25, -0.2) is 4.98 Å². The summed E-state index contributed by atoms with van der Waals surface area (Å²) in [7, 11) is 0. The number of para-hydroxylation sites is 1. The third-order valence-electron chi connectivity index (χ3n) is 3.57. The Balaban J connectivity index is 2.03. The van der Waals surface area contributed by atoms with Crippen LogP contribution in [-0.4, -0.2) is 14.6 Å². The molecule has 2 aromatic heterocycles. The van der Waals surface area contributed by atoms with Crippen molar-refractivity contribution in [2.24, 2.45) is 0 Å². The van der Waals surface area contributed by atoms with Crippen molar-refractivity contribution in [3.8, 4) is 10.6 Å². The van der Waals surface area contributed by atoms with Gasteiger partial charge < -0.3 is 0 Å². The number of hydrogen-bond donors (Lipinski definition) is 0. The maximum absolute atomic E-state index is 12.5. The predicted molar refractivity (Wildman–Crippen MR) is 89.6 cm³/mol. The van der Waals surface area contributed by atoms with Crippen LogP contribution in [0.5, 0.6) is 0 Å². The SMILES string of the molecule is Cc1cc(C)cc(-c2nn3c(=O)c4ccccc4nc3s2)c1. The molecule has 0 radical (unpaired) electrons. The smallest absolute Gasteiger partial charge is 0.267 e. The van der Waals surface area contributed by atoms with E-state index >= 15 is 0 Å². The van der Waals surface area contributed by atoms with Crippen LogP contribution in [0.15, 0.2) is 47.3 Å². The van der Waals surface area contributed by atoms with Crippen molar-refractivity contribution in [1.29, 1.82) is 0 Å². The van der Waals surface area contributed by atoms with Crippen LogP contribution in [0.25, 0.3) is 26.4 Å². The van der Waals surface area contributed by atoms with E-state index in [4.69, 9.17) is 0 Å². The van der Waals surface area contributed by atoms with E-state index in [1.165, 1.54) is 27.0 Å². The van der Waals surface area contributed by atoms with Gasteiger partial charge in [-0.1, -0.05) is 40.7 Å². The highest BCUT2D eigenvalue weighted by Gasteiger charge is 2.12. The topological polar surface area (TPSA) is 47.3 Å². The van der Waals surface area contributed by atoms with Gasteiger partial charge in [0.1, 0.15) is 5.01 Å². The maximum Gasteiger partial charge on any atom is 0.283 e. The molecule has 0 N–H and O–H groups in total. The van der Waals surface area contributed by atoms with E-state index in [0.29, 0.717) is 15.9 Å². The molecule has 0 saturated carbocycles. The van der Waals surface area contributed by atoms with Crippen molar-refractivity contribution in [1.82, 2.24) is 14.6 Å². The third-order valence-corrected chi connectivity index (χ3v) is 4.53. The van der Waals surface area contributed by atoms with Crippen molar-refractivity contribution in [3.05, 3.63) is 63.9 Å². The van der Waals surface area contributed by atoms with Crippen LogP contribution in [0, 0.1) is 13.8 Å². The molecule has 0 bridgehead atoms.